The minimum absolute atomic E-state index is 0.00763. The third-order valence-electron chi connectivity index (χ3n) is 5.03. The number of hydrogen-bond donors (Lipinski definition) is 2. The smallest absolute Gasteiger partial charge is 0.408 e. The summed E-state index contributed by atoms with van der Waals surface area (Å²) in [6.45, 7) is 11.5. The largest absolute Gasteiger partial charge is 0.444 e. The number of hydrogen-bond acceptors (Lipinski definition) is 5. The van der Waals surface area contributed by atoms with E-state index >= 15 is 0 Å². The summed E-state index contributed by atoms with van der Waals surface area (Å²) < 4.78 is 46.1. The fourth-order valence-electron chi connectivity index (χ4n) is 3.38. The van der Waals surface area contributed by atoms with Gasteiger partial charge in [0.05, 0.1) is 4.90 Å². The SMILES string of the molecule is CC(C)(C)OC(=O)N[C@H](C(=O)N1CCC(NS(=O)(=O)c2ccc(F)cc2)CC1)C(C)(C)C. The van der Waals surface area contributed by atoms with Gasteiger partial charge in [-0.15, -0.1) is 0 Å². The predicted octanol–water partition coefficient (Wildman–Crippen LogP) is 3.03. The van der Waals surface area contributed by atoms with Crippen molar-refractivity contribution in [2.75, 3.05) is 13.1 Å². The van der Waals surface area contributed by atoms with E-state index in [1.165, 1.54) is 12.1 Å². The summed E-state index contributed by atoms with van der Waals surface area (Å²) in [5.41, 5.74) is -1.23. The molecule has 2 rings (SSSR count). The van der Waals surface area contributed by atoms with Crippen LogP contribution in [0.5, 0.6) is 0 Å². The van der Waals surface area contributed by atoms with Gasteiger partial charge in [0.25, 0.3) is 0 Å². The van der Waals surface area contributed by atoms with Gasteiger partial charge in [-0.3, -0.25) is 4.79 Å². The first-order valence-electron chi connectivity index (χ1n) is 10.6. The predicted molar refractivity (Wildman–Crippen MR) is 119 cm³/mol. The van der Waals surface area contributed by atoms with E-state index < -0.39 is 39.0 Å². The lowest BCUT2D eigenvalue weighted by atomic mass is 9.85. The molecule has 10 heteroatoms. The minimum atomic E-state index is -3.78. The van der Waals surface area contributed by atoms with Crippen LogP contribution in [0, 0.1) is 11.2 Å². The topological polar surface area (TPSA) is 105 Å². The second-order valence-corrected chi connectivity index (χ2v) is 11.8. The quantitative estimate of drug-likeness (QED) is 0.687. The Kier molecular flexibility index (Phi) is 7.93. The van der Waals surface area contributed by atoms with Crippen LogP contribution >= 0.6 is 0 Å². The molecule has 1 heterocycles. The standard InChI is InChI=1S/C22H34FN3O5S/c1-21(2,3)18(24-20(28)31-22(4,5)6)19(27)26-13-11-16(12-14-26)25-32(29,30)17-9-7-15(23)8-10-17/h7-10,16,18,25H,11-14H2,1-6H3,(H,24,28)/t18-/m1/s1. The van der Waals surface area contributed by atoms with Crippen LogP contribution < -0.4 is 10.0 Å². The first-order valence-corrected chi connectivity index (χ1v) is 12.1. The highest BCUT2D eigenvalue weighted by molar-refractivity contribution is 7.89. The highest BCUT2D eigenvalue weighted by Gasteiger charge is 2.38. The van der Waals surface area contributed by atoms with Crippen LogP contribution in [0.4, 0.5) is 9.18 Å². The van der Waals surface area contributed by atoms with Crippen molar-refractivity contribution in [3.63, 3.8) is 0 Å². The third-order valence-corrected chi connectivity index (χ3v) is 6.56. The Morgan fingerprint density at radius 3 is 2.06 bits per heavy atom. The van der Waals surface area contributed by atoms with E-state index in [4.69, 9.17) is 4.74 Å². The number of rotatable bonds is 5. The maximum atomic E-state index is 13.2. The van der Waals surface area contributed by atoms with E-state index in [1.807, 2.05) is 20.8 Å². The molecule has 1 atom stereocenters. The molecule has 1 aromatic carbocycles. The number of likely N-dealkylation sites (tertiary alicyclic amines) is 1. The molecule has 8 nitrogen and oxygen atoms in total. The second kappa shape index (κ2) is 9.74. The zero-order chi connectivity index (χ0) is 24.3. The Labute approximate surface area is 189 Å². The normalized spacial score (nSPS) is 17.0. The first-order chi connectivity index (χ1) is 14.6. The molecule has 1 aromatic rings. The van der Waals surface area contributed by atoms with E-state index in [0.29, 0.717) is 25.9 Å². The van der Waals surface area contributed by atoms with Gasteiger partial charge in [0.15, 0.2) is 0 Å². The number of carbonyl (C=O) groups excluding carboxylic acids is 2. The number of alkyl carbamates (subject to hydrolysis) is 1. The van der Waals surface area contributed by atoms with Crippen molar-refractivity contribution >= 4 is 22.0 Å². The van der Waals surface area contributed by atoms with E-state index in [-0.39, 0.29) is 16.8 Å². The summed E-state index contributed by atoms with van der Waals surface area (Å²) in [7, 11) is -3.78. The number of piperidine rings is 1. The zero-order valence-electron chi connectivity index (χ0n) is 19.6. The minimum Gasteiger partial charge on any atom is -0.444 e. The summed E-state index contributed by atoms with van der Waals surface area (Å²) in [5.74, 6) is -0.743. The number of nitrogens with one attached hydrogen (secondary N) is 2. The highest BCUT2D eigenvalue weighted by Crippen LogP contribution is 2.24. The summed E-state index contributed by atoms with van der Waals surface area (Å²) in [4.78, 5) is 27.1. The van der Waals surface area contributed by atoms with Gasteiger partial charge in [-0.05, 0) is 63.3 Å². The Bertz CT molecular complexity index is 912. The molecule has 1 aliphatic rings. The third kappa shape index (κ3) is 7.44. The molecule has 2 N–H and O–H groups in total. The average molecular weight is 472 g/mol. The van der Waals surface area contributed by atoms with Gasteiger partial charge in [0.2, 0.25) is 15.9 Å². The van der Waals surface area contributed by atoms with Gasteiger partial charge in [-0.25, -0.2) is 22.3 Å². The molecular formula is C22H34FN3O5S. The molecule has 0 aromatic heterocycles. The van der Waals surface area contributed by atoms with Crippen LogP contribution in [-0.2, 0) is 19.6 Å². The molecule has 180 valence electrons. The van der Waals surface area contributed by atoms with E-state index in [2.05, 4.69) is 10.0 Å². The van der Waals surface area contributed by atoms with Gasteiger partial charge in [0.1, 0.15) is 17.5 Å². The number of carbonyl (C=O) groups is 2. The van der Waals surface area contributed by atoms with Gasteiger partial charge >= 0.3 is 6.09 Å². The molecule has 0 bridgehead atoms. The number of amides is 2. The molecule has 0 saturated carbocycles. The van der Waals surface area contributed by atoms with Crippen molar-refractivity contribution < 1.29 is 27.1 Å². The molecule has 0 radical (unpaired) electrons. The fraction of sp³-hybridized carbons (Fsp3) is 0.636. The van der Waals surface area contributed by atoms with Gasteiger partial charge < -0.3 is 15.0 Å². The Balaban J connectivity index is 2.00. The number of halogens is 1. The van der Waals surface area contributed by atoms with Crippen molar-refractivity contribution in [2.45, 2.75) is 77.0 Å². The first kappa shape index (κ1) is 26.1. The van der Waals surface area contributed by atoms with Crippen molar-refractivity contribution in [3.05, 3.63) is 30.1 Å². The zero-order valence-corrected chi connectivity index (χ0v) is 20.4. The lowest BCUT2D eigenvalue weighted by molar-refractivity contribution is -0.137. The molecule has 1 saturated heterocycles. The molecule has 1 fully saturated rings. The Morgan fingerprint density at radius 2 is 1.59 bits per heavy atom. The lowest BCUT2D eigenvalue weighted by Crippen LogP contribution is -2.57. The van der Waals surface area contributed by atoms with Crippen molar-refractivity contribution in [3.8, 4) is 0 Å². The summed E-state index contributed by atoms with van der Waals surface area (Å²) in [6, 6.07) is 3.49. The van der Waals surface area contributed by atoms with Crippen LogP contribution in [0.15, 0.2) is 29.2 Å². The van der Waals surface area contributed by atoms with Crippen molar-refractivity contribution in [2.24, 2.45) is 5.41 Å². The number of sulfonamides is 1. The molecule has 0 spiro atoms. The van der Waals surface area contributed by atoms with E-state index in [1.54, 1.807) is 25.7 Å². The molecule has 0 unspecified atom stereocenters. The highest BCUT2D eigenvalue weighted by atomic mass is 32.2. The molecule has 2 amide bonds. The maximum Gasteiger partial charge on any atom is 0.408 e. The summed E-state index contributed by atoms with van der Waals surface area (Å²) in [5, 5.41) is 2.69. The number of benzene rings is 1. The van der Waals surface area contributed by atoms with Crippen LogP contribution in [0.25, 0.3) is 0 Å². The van der Waals surface area contributed by atoms with Gasteiger partial charge in [0, 0.05) is 19.1 Å². The van der Waals surface area contributed by atoms with Crippen LogP contribution in [0.1, 0.15) is 54.4 Å². The lowest BCUT2D eigenvalue weighted by Gasteiger charge is -2.38. The van der Waals surface area contributed by atoms with Crippen LogP contribution in [0.3, 0.4) is 0 Å². The summed E-state index contributed by atoms with van der Waals surface area (Å²) >= 11 is 0. The van der Waals surface area contributed by atoms with Gasteiger partial charge in [-0.1, -0.05) is 20.8 Å². The second-order valence-electron chi connectivity index (χ2n) is 10.1. The van der Waals surface area contributed by atoms with E-state index in [0.717, 1.165) is 12.1 Å². The van der Waals surface area contributed by atoms with Crippen LogP contribution in [-0.4, -0.2) is 56.1 Å². The molecule has 0 aliphatic carbocycles. The van der Waals surface area contributed by atoms with Crippen molar-refractivity contribution in [1.82, 2.24) is 14.9 Å². The van der Waals surface area contributed by atoms with Crippen molar-refractivity contribution in [1.29, 1.82) is 0 Å². The maximum absolute atomic E-state index is 13.2. The molecular weight excluding hydrogens is 437 g/mol. The number of ether oxygens (including phenoxy) is 1. The van der Waals surface area contributed by atoms with Crippen LogP contribution in [0.2, 0.25) is 0 Å². The molecule has 32 heavy (non-hydrogen) atoms. The monoisotopic (exact) mass is 471 g/mol. The van der Waals surface area contributed by atoms with Gasteiger partial charge in [-0.2, -0.15) is 0 Å². The fourth-order valence-corrected chi connectivity index (χ4v) is 4.68. The van der Waals surface area contributed by atoms with E-state index in [9.17, 15) is 22.4 Å². The summed E-state index contributed by atoms with van der Waals surface area (Å²) in [6.07, 6.45) is 0.193. The Hall–Kier alpha value is -2.20. The average Bonchev–Trinajstić information content (AvgIpc) is 2.64. The number of nitrogens with zero attached hydrogens (tertiary/aromatic N) is 1. The Morgan fingerprint density at radius 1 is 1.06 bits per heavy atom. The molecule has 1 aliphatic heterocycles.